The number of hydrogen-bond acceptors (Lipinski definition) is 5. The number of aryl methyl sites for hydroxylation is 1. The van der Waals surface area contributed by atoms with Gasteiger partial charge in [0.05, 0.1) is 25.8 Å². The molecule has 7 heteroatoms. The van der Waals surface area contributed by atoms with E-state index in [9.17, 15) is 0 Å². The molecule has 1 aliphatic rings. The van der Waals surface area contributed by atoms with E-state index < -0.39 is 0 Å². The number of hydrogen-bond donors (Lipinski definition) is 1. The fourth-order valence-corrected chi connectivity index (χ4v) is 3.24. The maximum absolute atomic E-state index is 6.09. The van der Waals surface area contributed by atoms with Crippen LogP contribution in [-0.4, -0.2) is 36.4 Å². The molecule has 3 aromatic rings. The molecule has 0 amide bonds. The van der Waals surface area contributed by atoms with Gasteiger partial charge in [-0.15, -0.1) is 0 Å². The Morgan fingerprint density at radius 3 is 2.85 bits per heavy atom. The van der Waals surface area contributed by atoms with Gasteiger partial charge in [-0.3, -0.25) is 4.68 Å². The first-order valence-corrected chi connectivity index (χ1v) is 8.91. The lowest BCUT2D eigenvalue weighted by Gasteiger charge is -2.09. The van der Waals surface area contributed by atoms with E-state index in [0.29, 0.717) is 24.8 Å². The average Bonchev–Trinajstić information content (AvgIpc) is 3.28. The van der Waals surface area contributed by atoms with Crippen molar-refractivity contribution in [2.45, 2.75) is 19.3 Å². The maximum Gasteiger partial charge on any atom is 0.160 e. The summed E-state index contributed by atoms with van der Waals surface area (Å²) in [6, 6.07) is 13.5. The molecule has 0 radical (unpaired) electrons. The van der Waals surface area contributed by atoms with Crippen LogP contribution in [0.4, 0.5) is 11.5 Å². The van der Waals surface area contributed by atoms with Crippen LogP contribution in [0.2, 0.25) is 5.02 Å². The molecule has 1 fully saturated rings. The quantitative estimate of drug-likeness (QED) is 0.701. The molecule has 1 aliphatic heterocycles. The molecule has 26 heavy (non-hydrogen) atoms. The Bertz CT molecular complexity index is 906. The van der Waals surface area contributed by atoms with E-state index in [2.05, 4.69) is 5.32 Å². The number of ether oxygens (including phenoxy) is 3. The van der Waals surface area contributed by atoms with E-state index in [-0.39, 0.29) is 6.29 Å². The van der Waals surface area contributed by atoms with E-state index in [4.69, 9.17) is 30.9 Å². The summed E-state index contributed by atoms with van der Waals surface area (Å²) in [6.45, 7) is 2.01. The van der Waals surface area contributed by atoms with E-state index in [0.717, 1.165) is 34.6 Å². The first-order chi connectivity index (χ1) is 12.7. The summed E-state index contributed by atoms with van der Waals surface area (Å²) in [5.41, 5.74) is 1.91. The molecule has 6 nitrogen and oxygen atoms in total. The molecule has 0 spiro atoms. The van der Waals surface area contributed by atoms with Gasteiger partial charge in [-0.1, -0.05) is 17.7 Å². The molecule has 0 saturated carbocycles. The third-order valence-electron chi connectivity index (χ3n) is 4.31. The zero-order valence-corrected chi connectivity index (χ0v) is 15.2. The molecule has 0 unspecified atom stereocenters. The van der Waals surface area contributed by atoms with Crippen LogP contribution >= 0.6 is 11.6 Å². The van der Waals surface area contributed by atoms with Crippen molar-refractivity contribution in [1.29, 1.82) is 0 Å². The van der Waals surface area contributed by atoms with Crippen molar-refractivity contribution in [1.82, 2.24) is 9.78 Å². The summed E-state index contributed by atoms with van der Waals surface area (Å²) in [4.78, 5) is 0. The third-order valence-corrected chi connectivity index (χ3v) is 4.55. The predicted molar refractivity (Wildman–Crippen MR) is 101 cm³/mol. The Labute approximate surface area is 156 Å². The number of rotatable bonds is 6. The molecule has 0 atom stereocenters. The number of methoxy groups -OCH3 is 1. The van der Waals surface area contributed by atoms with Gasteiger partial charge >= 0.3 is 0 Å². The number of anilines is 2. The molecule has 0 bridgehead atoms. The fraction of sp³-hybridized carbons (Fsp3) is 0.316. The van der Waals surface area contributed by atoms with Crippen LogP contribution in [0.15, 0.2) is 42.5 Å². The van der Waals surface area contributed by atoms with Gasteiger partial charge in [-0.2, -0.15) is 5.10 Å². The second-order valence-electron chi connectivity index (χ2n) is 6.05. The third kappa shape index (κ3) is 3.62. The van der Waals surface area contributed by atoms with Crippen molar-refractivity contribution >= 4 is 34.0 Å². The summed E-state index contributed by atoms with van der Waals surface area (Å²) in [6.07, 6.45) is 0.594. The number of nitrogens with one attached hydrogen (secondary N) is 1. The second kappa shape index (κ2) is 7.53. The predicted octanol–water partition coefficient (Wildman–Crippen LogP) is 4.20. The van der Waals surface area contributed by atoms with E-state index >= 15 is 0 Å². The summed E-state index contributed by atoms with van der Waals surface area (Å²) in [5.74, 6) is 1.54. The highest BCUT2D eigenvalue weighted by Gasteiger charge is 2.18. The SMILES string of the molecule is COc1ccc2c(c1)c(Nc1cccc(Cl)c1)nn2CCC1OCCO1. The van der Waals surface area contributed by atoms with Crippen molar-refractivity contribution in [3.8, 4) is 5.75 Å². The maximum atomic E-state index is 6.09. The van der Waals surface area contributed by atoms with Crippen molar-refractivity contribution in [3.05, 3.63) is 47.5 Å². The molecule has 4 rings (SSSR count). The minimum absolute atomic E-state index is 0.156. The first kappa shape index (κ1) is 17.1. The number of fused-ring (bicyclic) bond motifs is 1. The molecule has 1 N–H and O–H groups in total. The van der Waals surface area contributed by atoms with Crippen LogP contribution in [0, 0.1) is 0 Å². The van der Waals surface area contributed by atoms with E-state index in [1.54, 1.807) is 7.11 Å². The minimum Gasteiger partial charge on any atom is -0.497 e. The van der Waals surface area contributed by atoms with Crippen LogP contribution in [0.5, 0.6) is 5.75 Å². The van der Waals surface area contributed by atoms with Crippen LogP contribution < -0.4 is 10.1 Å². The minimum atomic E-state index is -0.156. The lowest BCUT2D eigenvalue weighted by atomic mass is 10.2. The van der Waals surface area contributed by atoms with Crippen molar-refractivity contribution in [2.75, 3.05) is 25.6 Å². The van der Waals surface area contributed by atoms with Gasteiger partial charge in [-0.25, -0.2) is 0 Å². The molecule has 2 heterocycles. The van der Waals surface area contributed by atoms with Gasteiger partial charge in [0, 0.05) is 29.1 Å². The number of aromatic nitrogens is 2. The summed E-state index contributed by atoms with van der Waals surface area (Å²) >= 11 is 6.09. The number of halogens is 1. The van der Waals surface area contributed by atoms with Crippen molar-refractivity contribution in [2.24, 2.45) is 0 Å². The Morgan fingerprint density at radius 1 is 1.23 bits per heavy atom. The normalized spacial score (nSPS) is 14.8. The Hall–Kier alpha value is -2.28. The van der Waals surface area contributed by atoms with Crippen LogP contribution in [0.1, 0.15) is 6.42 Å². The summed E-state index contributed by atoms with van der Waals surface area (Å²) < 4.78 is 18.4. The van der Waals surface area contributed by atoms with Gasteiger partial charge in [0.2, 0.25) is 0 Å². The lowest BCUT2D eigenvalue weighted by molar-refractivity contribution is -0.0493. The summed E-state index contributed by atoms with van der Waals surface area (Å²) in [5, 5.41) is 9.76. The van der Waals surface area contributed by atoms with Gasteiger partial charge in [0.15, 0.2) is 12.1 Å². The average molecular weight is 374 g/mol. The van der Waals surface area contributed by atoms with E-state index in [1.807, 2.05) is 47.1 Å². The second-order valence-corrected chi connectivity index (χ2v) is 6.49. The number of benzene rings is 2. The molecule has 1 aromatic heterocycles. The molecule has 1 saturated heterocycles. The number of nitrogens with zero attached hydrogens (tertiary/aromatic N) is 2. The lowest BCUT2D eigenvalue weighted by Crippen LogP contribution is -2.12. The highest BCUT2D eigenvalue weighted by molar-refractivity contribution is 6.30. The fourth-order valence-electron chi connectivity index (χ4n) is 3.05. The Morgan fingerprint density at radius 2 is 2.08 bits per heavy atom. The monoisotopic (exact) mass is 373 g/mol. The van der Waals surface area contributed by atoms with Crippen LogP contribution in [-0.2, 0) is 16.0 Å². The highest BCUT2D eigenvalue weighted by Crippen LogP contribution is 2.30. The van der Waals surface area contributed by atoms with E-state index in [1.165, 1.54) is 0 Å². The van der Waals surface area contributed by atoms with Crippen molar-refractivity contribution in [3.63, 3.8) is 0 Å². The summed E-state index contributed by atoms with van der Waals surface area (Å²) in [7, 11) is 1.66. The molecular formula is C19H20ClN3O3. The van der Waals surface area contributed by atoms with Crippen LogP contribution in [0.25, 0.3) is 10.9 Å². The largest absolute Gasteiger partial charge is 0.497 e. The molecular weight excluding hydrogens is 354 g/mol. The topological polar surface area (TPSA) is 57.5 Å². The van der Waals surface area contributed by atoms with Crippen LogP contribution in [0.3, 0.4) is 0 Å². The van der Waals surface area contributed by atoms with Gasteiger partial charge in [0.25, 0.3) is 0 Å². The highest BCUT2D eigenvalue weighted by atomic mass is 35.5. The standard InChI is InChI=1S/C19H20ClN3O3/c1-24-15-5-6-17-16(12-15)19(21-14-4-2-3-13(20)11-14)22-23(17)8-7-18-25-9-10-26-18/h2-6,11-12,18H,7-10H2,1H3,(H,21,22). The smallest absolute Gasteiger partial charge is 0.160 e. The zero-order chi connectivity index (χ0) is 17.9. The zero-order valence-electron chi connectivity index (χ0n) is 14.4. The molecule has 136 valence electrons. The van der Waals surface area contributed by atoms with Gasteiger partial charge < -0.3 is 19.5 Å². The Balaban J connectivity index is 1.65. The van der Waals surface area contributed by atoms with Gasteiger partial charge in [0.1, 0.15) is 5.75 Å². The molecule has 2 aromatic carbocycles. The van der Waals surface area contributed by atoms with Crippen molar-refractivity contribution < 1.29 is 14.2 Å². The Kier molecular flexibility index (Phi) is 4.97. The first-order valence-electron chi connectivity index (χ1n) is 8.53. The van der Waals surface area contributed by atoms with Gasteiger partial charge in [-0.05, 0) is 36.4 Å². The molecule has 0 aliphatic carbocycles.